The van der Waals surface area contributed by atoms with Crippen molar-refractivity contribution in [1.82, 2.24) is 20.0 Å². The second-order valence-corrected chi connectivity index (χ2v) is 8.41. The van der Waals surface area contributed by atoms with Gasteiger partial charge in [-0.3, -0.25) is 9.80 Å². The molecule has 4 heterocycles. The molecule has 4 rings (SSSR count). The number of fused-ring (bicyclic) bond motifs is 3. The molecule has 6 heteroatoms. The molecule has 2 amide bonds. The topological polar surface area (TPSA) is 38.8 Å². The van der Waals surface area contributed by atoms with Gasteiger partial charge in [0.1, 0.15) is 0 Å². The van der Waals surface area contributed by atoms with Gasteiger partial charge in [0.2, 0.25) is 0 Å². The summed E-state index contributed by atoms with van der Waals surface area (Å²) in [7, 11) is 2.22. The van der Waals surface area contributed by atoms with Crippen LogP contribution >= 0.6 is 11.3 Å². The first-order valence-corrected chi connectivity index (χ1v) is 10.1. The van der Waals surface area contributed by atoms with Crippen LogP contribution in [0, 0.1) is 0 Å². The van der Waals surface area contributed by atoms with Crippen LogP contribution in [0.25, 0.3) is 0 Å². The van der Waals surface area contributed by atoms with Gasteiger partial charge in [0.25, 0.3) is 0 Å². The Labute approximate surface area is 148 Å². The van der Waals surface area contributed by atoms with Crippen LogP contribution in [-0.2, 0) is 13.0 Å². The molecule has 24 heavy (non-hydrogen) atoms. The van der Waals surface area contributed by atoms with Crippen molar-refractivity contribution >= 4 is 17.4 Å². The molecule has 1 aromatic heterocycles. The van der Waals surface area contributed by atoms with Gasteiger partial charge in [-0.2, -0.15) is 0 Å². The van der Waals surface area contributed by atoms with E-state index in [1.807, 2.05) is 16.2 Å². The first-order valence-electron chi connectivity index (χ1n) is 9.23. The zero-order valence-electron chi connectivity index (χ0n) is 14.5. The molecular formula is C18H28N4OS. The van der Waals surface area contributed by atoms with Crippen LogP contribution in [0.4, 0.5) is 4.79 Å². The Morgan fingerprint density at radius 2 is 2.17 bits per heavy atom. The standard InChI is InChI=1S/C18H28N4OS/c1-20-15-2-3-16(20)13-22(9-4-15)18(23)19-7-10-21-8-5-17-14(12-21)6-11-24-17/h6,11,15-16H,2-5,7-10,12-13H2,1H3,(H,19,23)/t15-,16-/m0/s1. The van der Waals surface area contributed by atoms with Crippen LogP contribution in [-0.4, -0.2) is 72.6 Å². The second-order valence-electron chi connectivity index (χ2n) is 7.41. The van der Waals surface area contributed by atoms with Gasteiger partial charge in [-0.05, 0) is 49.7 Å². The number of nitrogens with zero attached hydrogens (tertiary/aromatic N) is 3. The molecular weight excluding hydrogens is 320 g/mol. The monoisotopic (exact) mass is 348 g/mol. The molecule has 1 N–H and O–H groups in total. The molecule has 1 aromatic rings. The summed E-state index contributed by atoms with van der Waals surface area (Å²) >= 11 is 1.88. The minimum atomic E-state index is 0.129. The molecule has 3 aliphatic rings. The zero-order valence-corrected chi connectivity index (χ0v) is 15.4. The summed E-state index contributed by atoms with van der Waals surface area (Å²) in [6, 6.07) is 3.61. The number of hydrogen-bond donors (Lipinski definition) is 1. The van der Waals surface area contributed by atoms with Crippen LogP contribution in [0.3, 0.4) is 0 Å². The summed E-state index contributed by atoms with van der Waals surface area (Å²) < 4.78 is 0. The largest absolute Gasteiger partial charge is 0.337 e. The Bertz CT molecular complexity index is 589. The predicted octanol–water partition coefficient (Wildman–Crippen LogP) is 1.98. The van der Waals surface area contributed by atoms with Crippen molar-refractivity contribution in [2.45, 2.75) is 44.3 Å². The highest BCUT2D eigenvalue weighted by Crippen LogP contribution is 2.28. The molecule has 0 radical (unpaired) electrons. The molecule has 0 spiro atoms. The number of nitrogens with one attached hydrogen (secondary N) is 1. The zero-order chi connectivity index (χ0) is 16.5. The molecule has 0 aliphatic carbocycles. The Hall–Kier alpha value is -1.11. The maximum Gasteiger partial charge on any atom is 0.317 e. The van der Waals surface area contributed by atoms with Crippen molar-refractivity contribution in [3.8, 4) is 0 Å². The van der Waals surface area contributed by atoms with Gasteiger partial charge in [0.05, 0.1) is 0 Å². The minimum Gasteiger partial charge on any atom is -0.337 e. The van der Waals surface area contributed by atoms with E-state index in [2.05, 4.69) is 33.6 Å². The van der Waals surface area contributed by atoms with Crippen molar-refractivity contribution in [2.75, 3.05) is 39.8 Å². The highest BCUT2D eigenvalue weighted by atomic mass is 32.1. The SMILES string of the molecule is CN1[C@H]2CC[C@H]1CN(C(=O)NCCN1CCc3sccc3C1)CC2. The van der Waals surface area contributed by atoms with E-state index >= 15 is 0 Å². The van der Waals surface area contributed by atoms with E-state index in [1.165, 1.54) is 18.4 Å². The van der Waals surface area contributed by atoms with Crippen molar-refractivity contribution in [3.05, 3.63) is 21.9 Å². The van der Waals surface area contributed by atoms with Gasteiger partial charge < -0.3 is 10.2 Å². The number of amides is 2. The summed E-state index contributed by atoms with van der Waals surface area (Å²) in [5.41, 5.74) is 1.48. The van der Waals surface area contributed by atoms with Crippen LogP contribution in [0.5, 0.6) is 0 Å². The Kier molecular flexibility index (Phi) is 4.79. The lowest BCUT2D eigenvalue weighted by Crippen LogP contribution is -2.46. The number of carbonyl (C=O) groups excluding carboxylic acids is 1. The van der Waals surface area contributed by atoms with Gasteiger partial charge in [-0.1, -0.05) is 0 Å². The molecule has 2 saturated heterocycles. The number of carbonyl (C=O) groups is 1. The minimum absolute atomic E-state index is 0.129. The lowest BCUT2D eigenvalue weighted by Gasteiger charge is -2.28. The molecule has 0 unspecified atom stereocenters. The maximum atomic E-state index is 12.5. The first-order chi connectivity index (χ1) is 11.7. The lowest BCUT2D eigenvalue weighted by atomic mass is 10.1. The molecule has 0 aromatic carbocycles. The van der Waals surface area contributed by atoms with Gasteiger partial charge in [0.15, 0.2) is 0 Å². The number of rotatable bonds is 3. The highest BCUT2D eigenvalue weighted by Gasteiger charge is 2.35. The third-order valence-electron chi connectivity index (χ3n) is 6.03. The normalized spacial score (nSPS) is 27.8. The third-order valence-corrected chi connectivity index (χ3v) is 7.05. The van der Waals surface area contributed by atoms with E-state index in [1.54, 1.807) is 4.88 Å². The summed E-state index contributed by atoms with van der Waals surface area (Å²) in [6.45, 7) is 5.63. The van der Waals surface area contributed by atoms with Crippen LogP contribution in [0.2, 0.25) is 0 Å². The second kappa shape index (κ2) is 7.02. The fourth-order valence-corrected chi connectivity index (χ4v) is 5.31. The van der Waals surface area contributed by atoms with Crippen molar-refractivity contribution < 1.29 is 4.79 Å². The van der Waals surface area contributed by atoms with Crippen LogP contribution in [0.1, 0.15) is 29.7 Å². The molecule has 0 saturated carbocycles. The molecule has 3 aliphatic heterocycles. The van der Waals surface area contributed by atoms with Gasteiger partial charge in [-0.25, -0.2) is 4.79 Å². The number of likely N-dealkylation sites (tertiary alicyclic amines) is 1. The van der Waals surface area contributed by atoms with Crippen LogP contribution in [0.15, 0.2) is 11.4 Å². The third kappa shape index (κ3) is 3.32. The number of thiophene rings is 1. The molecule has 2 bridgehead atoms. The Morgan fingerprint density at radius 3 is 3.08 bits per heavy atom. The average molecular weight is 349 g/mol. The van der Waals surface area contributed by atoms with Crippen molar-refractivity contribution in [3.63, 3.8) is 0 Å². The molecule has 132 valence electrons. The molecule has 2 atom stereocenters. The first kappa shape index (κ1) is 16.4. The quantitative estimate of drug-likeness (QED) is 0.908. The van der Waals surface area contributed by atoms with E-state index in [0.29, 0.717) is 12.1 Å². The van der Waals surface area contributed by atoms with E-state index in [9.17, 15) is 4.79 Å². The van der Waals surface area contributed by atoms with E-state index in [0.717, 1.165) is 52.1 Å². The summed E-state index contributed by atoms with van der Waals surface area (Å²) in [4.78, 5) is 21.0. The van der Waals surface area contributed by atoms with E-state index < -0.39 is 0 Å². The molecule has 5 nitrogen and oxygen atoms in total. The Morgan fingerprint density at radius 1 is 1.29 bits per heavy atom. The molecule has 2 fully saturated rings. The fourth-order valence-electron chi connectivity index (χ4n) is 4.42. The Balaban J connectivity index is 1.23. The number of urea groups is 1. The number of hydrogen-bond acceptors (Lipinski definition) is 4. The number of likely N-dealkylation sites (N-methyl/N-ethyl adjacent to an activating group) is 1. The van der Waals surface area contributed by atoms with Crippen molar-refractivity contribution in [2.24, 2.45) is 0 Å². The summed E-state index contributed by atoms with van der Waals surface area (Å²) in [5, 5.41) is 5.34. The fraction of sp³-hybridized carbons (Fsp3) is 0.722. The smallest absolute Gasteiger partial charge is 0.317 e. The predicted molar refractivity (Wildman–Crippen MR) is 97.5 cm³/mol. The summed E-state index contributed by atoms with van der Waals surface area (Å²) in [5.74, 6) is 0. The lowest BCUT2D eigenvalue weighted by molar-refractivity contribution is 0.185. The maximum absolute atomic E-state index is 12.5. The van der Waals surface area contributed by atoms with E-state index in [-0.39, 0.29) is 6.03 Å². The average Bonchev–Trinajstić information content (AvgIpc) is 3.11. The van der Waals surface area contributed by atoms with E-state index in [4.69, 9.17) is 0 Å². The van der Waals surface area contributed by atoms with Gasteiger partial charge >= 0.3 is 6.03 Å². The highest BCUT2D eigenvalue weighted by molar-refractivity contribution is 7.10. The van der Waals surface area contributed by atoms with Crippen LogP contribution < -0.4 is 5.32 Å². The van der Waals surface area contributed by atoms with Crippen molar-refractivity contribution in [1.29, 1.82) is 0 Å². The summed E-state index contributed by atoms with van der Waals surface area (Å²) in [6.07, 6.45) is 4.81. The van der Waals surface area contributed by atoms with Gasteiger partial charge in [0, 0.05) is 56.2 Å². The van der Waals surface area contributed by atoms with Gasteiger partial charge in [-0.15, -0.1) is 11.3 Å².